The smallest absolute Gasteiger partial charge is 0.337 e. The highest BCUT2D eigenvalue weighted by Gasteiger charge is 2.24. The third-order valence-electron chi connectivity index (χ3n) is 2.74. The van der Waals surface area contributed by atoms with Gasteiger partial charge in [-0.3, -0.25) is 10.1 Å². The van der Waals surface area contributed by atoms with Crippen molar-refractivity contribution < 1.29 is 9.31 Å². The van der Waals surface area contributed by atoms with E-state index in [1.54, 1.807) is 0 Å². The molecule has 110 valence electrons. The molecule has 0 saturated carbocycles. The molecule has 0 aliphatic rings. The monoisotopic (exact) mass is 310 g/mol. The first-order valence-electron chi connectivity index (χ1n) is 6.23. The van der Waals surface area contributed by atoms with Gasteiger partial charge in [-0.15, -0.1) is 0 Å². The molecule has 2 aromatic rings. The third-order valence-corrected chi connectivity index (χ3v) is 3.03. The predicted molar refractivity (Wildman–Crippen MR) is 77.9 cm³/mol. The fraction of sp³-hybridized carbons (Fsp3) is 0.231. The Morgan fingerprint density at radius 2 is 2.19 bits per heavy atom. The van der Waals surface area contributed by atoms with E-state index in [9.17, 15) is 14.5 Å². The molecule has 6 nitrogen and oxygen atoms in total. The van der Waals surface area contributed by atoms with Gasteiger partial charge < -0.3 is 5.32 Å². The SMILES string of the molecule is CCCNc1ncnc(-c2ccc(F)c(Cl)c2)c1[N+](=O)[O-]. The molecule has 2 rings (SSSR count). The number of rotatable bonds is 5. The van der Waals surface area contributed by atoms with Gasteiger partial charge in [-0.1, -0.05) is 18.5 Å². The van der Waals surface area contributed by atoms with Crippen LogP contribution in [0.15, 0.2) is 24.5 Å². The minimum atomic E-state index is -0.596. The summed E-state index contributed by atoms with van der Waals surface area (Å²) >= 11 is 5.72. The molecule has 0 radical (unpaired) electrons. The summed E-state index contributed by atoms with van der Waals surface area (Å²) in [5, 5.41) is 14.1. The zero-order chi connectivity index (χ0) is 15.4. The molecule has 8 heteroatoms. The van der Waals surface area contributed by atoms with Gasteiger partial charge in [0.25, 0.3) is 0 Å². The predicted octanol–water partition coefficient (Wildman–Crippen LogP) is 3.67. The lowest BCUT2D eigenvalue weighted by Gasteiger charge is -2.08. The van der Waals surface area contributed by atoms with Gasteiger partial charge in [0.2, 0.25) is 5.82 Å². The van der Waals surface area contributed by atoms with Crippen molar-refractivity contribution in [1.29, 1.82) is 0 Å². The second-order valence-electron chi connectivity index (χ2n) is 4.23. The highest BCUT2D eigenvalue weighted by Crippen LogP contribution is 2.34. The van der Waals surface area contributed by atoms with E-state index in [1.807, 2.05) is 6.92 Å². The summed E-state index contributed by atoms with van der Waals surface area (Å²) in [6.45, 7) is 2.47. The Bertz CT molecular complexity index is 681. The van der Waals surface area contributed by atoms with Crippen LogP contribution in [0.25, 0.3) is 11.3 Å². The summed E-state index contributed by atoms with van der Waals surface area (Å²) in [4.78, 5) is 18.6. The molecule has 0 unspecified atom stereocenters. The Hall–Kier alpha value is -2.28. The second-order valence-corrected chi connectivity index (χ2v) is 4.64. The maximum absolute atomic E-state index is 13.2. The van der Waals surface area contributed by atoms with E-state index in [0.29, 0.717) is 12.1 Å². The largest absolute Gasteiger partial charge is 0.364 e. The van der Waals surface area contributed by atoms with Crippen LogP contribution in [0.3, 0.4) is 0 Å². The van der Waals surface area contributed by atoms with Gasteiger partial charge in [-0.2, -0.15) is 0 Å². The number of nitrogens with one attached hydrogen (secondary N) is 1. The minimum absolute atomic E-state index is 0.0931. The second kappa shape index (κ2) is 6.45. The highest BCUT2D eigenvalue weighted by atomic mass is 35.5. The zero-order valence-corrected chi connectivity index (χ0v) is 11.9. The van der Waals surface area contributed by atoms with E-state index in [-0.39, 0.29) is 22.2 Å². The fourth-order valence-corrected chi connectivity index (χ4v) is 1.96. The summed E-state index contributed by atoms with van der Waals surface area (Å²) in [5.74, 6) is -0.464. The molecule has 0 fully saturated rings. The van der Waals surface area contributed by atoms with Crippen molar-refractivity contribution >= 4 is 23.1 Å². The van der Waals surface area contributed by atoms with Gasteiger partial charge in [-0.25, -0.2) is 14.4 Å². The maximum Gasteiger partial charge on any atom is 0.337 e. The number of hydrogen-bond acceptors (Lipinski definition) is 5. The van der Waals surface area contributed by atoms with E-state index in [4.69, 9.17) is 11.6 Å². The fourth-order valence-electron chi connectivity index (χ4n) is 1.78. The number of aromatic nitrogens is 2. The Morgan fingerprint density at radius 3 is 2.81 bits per heavy atom. The molecule has 0 atom stereocenters. The van der Waals surface area contributed by atoms with Crippen molar-refractivity contribution in [2.45, 2.75) is 13.3 Å². The zero-order valence-electron chi connectivity index (χ0n) is 11.1. The van der Waals surface area contributed by atoms with Crippen LogP contribution in [-0.2, 0) is 0 Å². The van der Waals surface area contributed by atoms with Crippen LogP contribution in [0.5, 0.6) is 0 Å². The Kier molecular flexibility index (Phi) is 4.64. The van der Waals surface area contributed by atoms with Crippen molar-refractivity contribution in [3.8, 4) is 11.3 Å². The summed E-state index contributed by atoms with van der Waals surface area (Å²) in [6, 6.07) is 3.83. The highest BCUT2D eigenvalue weighted by molar-refractivity contribution is 6.31. The Morgan fingerprint density at radius 1 is 1.43 bits per heavy atom. The van der Waals surface area contributed by atoms with Crippen molar-refractivity contribution in [2.24, 2.45) is 0 Å². The number of benzene rings is 1. The summed E-state index contributed by atoms with van der Waals surface area (Å²) in [7, 11) is 0. The van der Waals surface area contributed by atoms with Crippen LogP contribution in [0.1, 0.15) is 13.3 Å². The molecular weight excluding hydrogens is 299 g/mol. The van der Waals surface area contributed by atoms with Gasteiger partial charge in [0.1, 0.15) is 12.1 Å². The van der Waals surface area contributed by atoms with Gasteiger partial charge in [0.05, 0.1) is 9.95 Å². The van der Waals surface area contributed by atoms with E-state index in [1.165, 1.54) is 18.5 Å². The van der Waals surface area contributed by atoms with Crippen molar-refractivity contribution in [3.63, 3.8) is 0 Å². The number of nitro groups is 1. The molecule has 0 aliphatic heterocycles. The topological polar surface area (TPSA) is 81.0 Å². The van der Waals surface area contributed by atoms with Gasteiger partial charge >= 0.3 is 5.69 Å². The number of anilines is 1. The molecule has 0 aliphatic carbocycles. The molecule has 1 aromatic heterocycles. The first-order chi connectivity index (χ1) is 10.0. The lowest BCUT2D eigenvalue weighted by molar-refractivity contribution is -0.383. The number of nitrogens with zero attached hydrogens (tertiary/aromatic N) is 3. The normalized spacial score (nSPS) is 10.4. The van der Waals surface area contributed by atoms with E-state index < -0.39 is 10.7 Å². The van der Waals surface area contributed by atoms with Gasteiger partial charge in [0, 0.05) is 12.1 Å². The minimum Gasteiger partial charge on any atom is -0.364 e. The van der Waals surface area contributed by atoms with E-state index in [0.717, 1.165) is 12.5 Å². The van der Waals surface area contributed by atoms with Crippen LogP contribution in [-0.4, -0.2) is 21.4 Å². The summed E-state index contributed by atoms with van der Waals surface area (Å²) < 4.78 is 13.2. The lowest BCUT2D eigenvalue weighted by atomic mass is 10.1. The molecule has 0 spiro atoms. The molecule has 0 bridgehead atoms. The first-order valence-corrected chi connectivity index (χ1v) is 6.61. The third kappa shape index (κ3) is 3.25. The maximum atomic E-state index is 13.2. The molecule has 1 aromatic carbocycles. The molecule has 0 saturated heterocycles. The summed E-state index contributed by atoms with van der Waals surface area (Å²) in [6.07, 6.45) is 2.01. The average molecular weight is 311 g/mol. The molecule has 1 N–H and O–H groups in total. The van der Waals surface area contributed by atoms with Crippen LogP contribution >= 0.6 is 11.6 Å². The van der Waals surface area contributed by atoms with Gasteiger partial charge in [-0.05, 0) is 24.6 Å². The number of hydrogen-bond donors (Lipinski definition) is 1. The first kappa shape index (κ1) is 15.1. The van der Waals surface area contributed by atoms with Gasteiger partial charge in [0.15, 0.2) is 5.69 Å². The Labute approximate surface area is 125 Å². The summed E-state index contributed by atoms with van der Waals surface area (Å²) in [5.41, 5.74) is 0.194. The molecule has 1 heterocycles. The van der Waals surface area contributed by atoms with Crippen LogP contribution < -0.4 is 5.32 Å². The number of halogens is 2. The Balaban J connectivity index is 2.56. The van der Waals surface area contributed by atoms with Crippen LogP contribution in [0.4, 0.5) is 15.9 Å². The van der Waals surface area contributed by atoms with E-state index in [2.05, 4.69) is 15.3 Å². The van der Waals surface area contributed by atoms with Crippen LogP contribution in [0, 0.1) is 15.9 Å². The average Bonchev–Trinajstić information content (AvgIpc) is 2.47. The molecule has 21 heavy (non-hydrogen) atoms. The molecular formula is C13H12ClFN4O2. The van der Waals surface area contributed by atoms with Crippen LogP contribution in [0.2, 0.25) is 5.02 Å². The van der Waals surface area contributed by atoms with E-state index >= 15 is 0 Å². The molecule has 0 amide bonds. The quantitative estimate of drug-likeness (QED) is 0.673. The lowest BCUT2D eigenvalue weighted by Crippen LogP contribution is -2.07. The van der Waals surface area contributed by atoms with Crippen molar-refractivity contribution in [2.75, 3.05) is 11.9 Å². The van der Waals surface area contributed by atoms with Crippen molar-refractivity contribution in [3.05, 3.63) is 45.5 Å². The van der Waals surface area contributed by atoms with Crippen molar-refractivity contribution in [1.82, 2.24) is 9.97 Å². The standard InChI is InChI=1S/C13H12ClFN4O2/c1-2-5-16-13-12(19(20)21)11(17-7-18-13)8-3-4-10(15)9(14)6-8/h3-4,6-7H,2,5H2,1H3,(H,16,17,18).